The minimum atomic E-state index is -0.550. The summed E-state index contributed by atoms with van der Waals surface area (Å²) in [5, 5.41) is 10.2. The lowest BCUT2D eigenvalue weighted by atomic mass is 10.1. The van der Waals surface area contributed by atoms with Crippen molar-refractivity contribution in [2.45, 2.75) is 18.9 Å². The second-order valence-corrected chi connectivity index (χ2v) is 6.43. The van der Waals surface area contributed by atoms with Crippen LogP contribution in [0.25, 0.3) is 11.1 Å². The van der Waals surface area contributed by atoms with Gasteiger partial charge in [0.15, 0.2) is 0 Å². The lowest BCUT2D eigenvalue weighted by Gasteiger charge is -2.13. The molecule has 0 saturated carbocycles. The fourth-order valence-corrected chi connectivity index (χ4v) is 2.75. The zero-order valence-electron chi connectivity index (χ0n) is 14.1. The molecule has 1 aromatic heterocycles. The highest BCUT2D eigenvalue weighted by molar-refractivity contribution is 6.31. The Kier molecular flexibility index (Phi) is 6.21. The molecule has 26 heavy (non-hydrogen) atoms. The summed E-state index contributed by atoms with van der Waals surface area (Å²) in [5.41, 5.74) is 2.84. The number of ether oxygens (including phenoxy) is 1. The summed E-state index contributed by atoms with van der Waals surface area (Å²) >= 11 is 5.82. The Labute approximate surface area is 157 Å². The Balaban J connectivity index is 1.51. The van der Waals surface area contributed by atoms with Crippen molar-refractivity contribution in [3.63, 3.8) is 0 Å². The van der Waals surface area contributed by atoms with Crippen molar-refractivity contribution >= 4 is 11.6 Å². The fraction of sp³-hybridized carbons (Fsp3) is 0.190. The molecule has 0 aliphatic heterocycles. The molecule has 1 heterocycles. The zero-order valence-corrected chi connectivity index (χ0v) is 14.9. The Morgan fingerprint density at radius 2 is 1.85 bits per heavy atom. The summed E-state index contributed by atoms with van der Waals surface area (Å²) < 4.78 is 18.9. The van der Waals surface area contributed by atoms with E-state index in [1.54, 1.807) is 24.5 Å². The monoisotopic (exact) mass is 371 g/mol. The third kappa shape index (κ3) is 5.04. The minimum absolute atomic E-state index is 0.0968. The number of hydrogen-bond donors (Lipinski definition) is 1. The highest BCUT2D eigenvalue weighted by Gasteiger charge is 2.07. The van der Waals surface area contributed by atoms with Crippen molar-refractivity contribution in [2.24, 2.45) is 0 Å². The molecule has 0 bridgehead atoms. The van der Waals surface area contributed by atoms with E-state index >= 15 is 0 Å². The highest BCUT2D eigenvalue weighted by Crippen LogP contribution is 2.26. The van der Waals surface area contributed by atoms with E-state index in [0.29, 0.717) is 12.2 Å². The predicted octanol–water partition coefficient (Wildman–Crippen LogP) is 4.91. The van der Waals surface area contributed by atoms with E-state index in [0.717, 1.165) is 23.1 Å². The van der Waals surface area contributed by atoms with Crippen LogP contribution in [0.15, 0.2) is 67.0 Å². The van der Waals surface area contributed by atoms with Crippen molar-refractivity contribution < 1.29 is 14.2 Å². The second-order valence-electron chi connectivity index (χ2n) is 6.02. The largest absolute Gasteiger partial charge is 0.491 e. The first-order chi connectivity index (χ1) is 12.6. The topological polar surface area (TPSA) is 42.4 Å². The molecule has 0 unspecified atom stereocenters. The molecule has 0 radical (unpaired) electrons. The van der Waals surface area contributed by atoms with Gasteiger partial charge in [0.05, 0.1) is 11.1 Å². The van der Waals surface area contributed by atoms with Gasteiger partial charge in [-0.05, 0) is 59.9 Å². The van der Waals surface area contributed by atoms with Gasteiger partial charge >= 0.3 is 0 Å². The average Bonchev–Trinajstić information content (AvgIpc) is 2.68. The van der Waals surface area contributed by atoms with E-state index < -0.39 is 11.9 Å². The summed E-state index contributed by atoms with van der Waals surface area (Å²) in [4.78, 5) is 4.06. The van der Waals surface area contributed by atoms with Crippen LogP contribution in [-0.2, 0) is 6.42 Å². The third-order valence-electron chi connectivity index (χ3n) is 4.04. The van der Waals surface area contributed by atoms with Crippen LogP contribution < -0.4 is 4.74 Å². The Morgan fingerprint density at radius 1 is 1.08 bits per heavy atom. The third-order valence-corrected chi connectivity index (χ3v) is 4.33. The van der Waals surface area contributed by atoms with Gasteiger partial charge in [-0.2, -0.15) is 0 Å². The van der Waals surface area contributed by atoms with Gasteiger partial charge in [0, 0.05) is 12.4 Å². The molecule has 1 atom stereocenters. The molecule has 0 spiro atoms. The van der Waals surface area contributed by atoms with Crippen LogP contribution in [0.3, 0.4) is 0 Å². The number of pyridine rings is 1. The Hall–Kier alpha value is -2.43. The number of aliphatic hydroxyl groups is 1. The normalized spacial score (nSPS) is 12.0. The number of nitrogens with zero attached hydrogens (tertiary/aromatic N) is 1. The van der Waals surface area contributed by atoms with Gasteiger partial charge in [-0.15, -0.1) is 0 Å². The first kappa shape index (κ1) is 18.4. The molecule has 1 N–H and O–H groups in total. The molecule has 134 valence electrons. The fourth-order valence-electron chi connectivity index (χ4n) is 2.57. The first-order valence-electron chi connectivity index (χ1n) is 8.37. The summed E-state index contributed by atoms with van der Waals surface area (Å²) in [5.74, 6) is 0.234. The maximum atomic E-state index is 13.2. The number of hydrogen-bond acceptors (Lipinski definition) is 3. The van der Waals surface area contributed by atoms with Crippen molar-refractivity contribution in [2.75, 3.05) is 6.61 Å². The standard InChI is InChI=1S/C21H19ClFNO2/c22-20-12-17(6-10-21(20)23)16-4-8-19(9-5-16)26-14-18(25)7-3-15-2-1-11-24-13-15/h1-2,4-6,8-13,18,25H,3,7,14H2/t18-/m0/s1. The number of rotatable bonds is 7. The van der Waals surface area contributed by atoms with E-state index in [1.807, 2.05) is 36.4 Å². The molecule has 3 rings (SSSR count). The van der Waals surface area contributed by atoms with Crippen LogP contribution in [-0.4, -0.2) is 22.8 Å². The molecule has 2 aromatic carbocycles. The number of benzene rings is 2. The van der Waals surface area contributed by atoms with Crippen molar-refractivity contribution in [3.8, 4) is 16.9 Å². The van der Waals surface area contributed by atoms with E-state index in [9.17, 15) is 9.50 Å². The van der Waals surface area contributed by atoms with Gasteiger partial charge in [0.1, 0.15) is 18.2 Å². The molecular weight excluding hydrogens is 353 g/mol. The maximum Gasteiger partial charge on any atom is 0.141 e. The van der Waals surface area contributed by atoms with Crippen molar-refractivity contribution in [3.05, 3.63) is 83.4 Å². The first-order valence-corrected chi connectivity index (χ1v) is 8.75. The molecule has 0 fully saturated rings. The van der Waals surface area contributed by atoms with Crippen LogP contribution in [0.5, 0.6) is 5.75 Å². The Bertz CT molecular complexity index is 840. The van der Waals surface area contributed by atoms with E-state index in [-0.39, 0.29) is 11.6 Å². The molecule has 3 aromatic rings. The highest BCUT2D eigenvalue weighted by atomic mass is 35.5. The van der Waals surface area contributed by atoms with E-state index in [4.69, 9.17) is 16.3 Å². The molecule has 0 saturated heterocycles. The van der Waals surface area contributed by atoms with Crippen molar-refractivity contribution in [1.82, 2.24) is 4.98 Å². The quantitative estimate of drug-likeness (QED) is 0.641. The second kappa shape index (κ2) is 8.79. The van der Waals surface area contributed by atoms with Crippen LogP contribution in [0.2, 0.25) is 5.02 Å². The minimum Gasteiger partial charge on any atom is -0.491 e. The summed E-state index contributed by atoms with van der Waals surface area (Å²) in [7, 11) is 0. The number of aryl methyl sites for hydroxylation is 1. The molecule has 5 heteroatoms. The van der Waals surface area contributed by atoms with Gasteiger partial charge in [-0.1, -0.05) is 35.9 Å². The van der Waals surface area contributed by atoms with Crippen LogP contribution in [0, 0.1) is 5.82 Å². The van der Waals surface area contributed by atoms with Gasteiger partial charge in [-0.25, -0.2) is 4.39 Å². The smallest absolute Gasteiger partial charge is 0.141 e. The molecule has 3 nitrogen and oxygen atoms in total. The van der Waals surface area contributed by atoms with Crippen molar-refractivity contribution in [1.29, 1.82) is 0 Å². The van der Waals surface area contributed by atoms with Crippen LogP contribution in [0.4, 0.5) is 4.39 Å². The molecular formula is C21H19ClFNO2. The lowest BCUT2D eigenvalue weighted by Crippen LogP contribution is -2.18. The molecule has 0 amide bonds. The van der Waals surface area contributed by atoms with Gasteiger partial charge in [0.2, 0.25) is 0 Å². The number of aliphatic hydroxyl groups excluding tert-OH is 1. The molecule has 0 aliphatic rings. The van der Waals surface area contributed by atoms with Gasteiger partial charge < -0.3 is 9.84 Å². The van der Waals surface area contributed by atoms with Gasteiger partial charge in [-0.3, -0.25) is 4.98 Å². The van der Waals surface area contributed by atoms with Crippen LogP contribution >= 0.6 is 11.6 Å². The zero-order chi connectivity index (χ0) is 18.4. The predicted molar refractivity (Wildman–Crippen MR) is 101 cm³/mol. The SMILES string of the molecule is O[C@@H](CCc1cccnc1)COc1ccc(-c2ccc(F)c(Cl)c2)cc1. The summed E-state index contributed by atoms with van der Waals surface area (Å²) in [6.07, 6.45) is 4.34. The number of halogens is 2. The number of aromatic nitrogens is 1. The maximum absolute atomic E-state index is 13.2. The summed E-state index contributed by atoms with van der Waals surface area (Å²) in [6, 6.07) is 15.9. The van der Waals surface area contributed by atoms with E-state index in [1.165, 1.54) is 6.07 Å². The summed E-state index contributed by atoms with van der Waals surface area (Å²) in [6.45, 7) is 0.224. The van der Waals surface area contributed by atoms with Gasteiger partial charge in [0.25, 0.3) is 0 Å². The molecule has 0 aliphatic carbocycles. The van der Waals surface area contributed by atoms with Crippen LogP contribution in [0.1, 0.15) is 12.0 Å². The average molecular weight is 372 g/mol. The van der Waals surface area contributed by atoms with E-state index in [2.05, 4.69) is 4.98 Å². The lowest BCUT2D eigenvalue weighted by molar-refractivity contribution is 0.100. The Morgan fingerprint density at radius 3 is 2.54 bits per heavy atom.